The highest BCUT2D eigenvalue weighted by molar-refractivity contribution is 6.04. The number of phenols is 1. The summed E-state index contributed by atoms with van der Waals surface area (Å²) >= 11 is 0. The molecule has 2 fully saturated rings. The van der Waals surface area contributed by atoms with Gasteiger partial charge < -0.3 is 14.9 Å². The minimum Gasteiger partial charge on any atom is -0.508 e. The molecule has 0 aromatic heterocycles. The maximum Gasteiger partial charge on any atom is 0.288 e. The molecule has 2 aromatic rings. The number of hydrogen-bond acceptors (Lipinski definition) is 4. The van der Waals surface area contributed by atoms with Crippen LogP contribution in [0.5, 0.6) is 5.75 Å². The fourth-order valence-electron chi connectivity index (χ4n) is 4.00. The number of phenolic OH excluding ortho intramolecular Hbond substituents is 1. The van der Waals surface area contributed by atoms with Crippen LogP contribution in [0.1, 0.15) is 12.0 Å². The third-order valence-corrected chi connectivity index (χ3v) is 5.54. The van der Waals surface area contributed by atoms with E-state index in [0.717, 1.165) is 37.4 Å². The van der Waals surface area contributed by atoms with E-state index >= 15 is 0 Å². The fraction of sp³-hybridized carbons (Fsp3) is 0.333. The number of amides is 2. The topological polar surface area (TPSA) is 65.3 Å². The lowest BCUT2D eigenvalue weighted by Crippen LogP contribution is -3.19. The van der Waals surface area contributed by atoms with E-state index in [1.165, 1.54) is 9.80 Å². The molecule has 140 valence electrons. The number of hydrogen-bond donors (Lipinski definition) is 2. The predicted molar refractivity (Wildman–Crippen MR) is 101 cm³/mol. The van der Waals surface area contributed by atoms with Crippen LogP contribution in [0.15, 0.2) is 54.6 Å². The second-order valence-electron chi connectivity index (χ2n) is 7.22. The monoisotopic (exact) mass is 366 g/mol. The first-order chi connectivity index (χ1) is 13.1. The summed E-state index contributed by atoms with van der Waals surface area (Å²) in [5.41, 5.74) is 2.05. The van der Waals surface area contributed by atoms with Gasteiger partial charge in [-0.25, -0.2) is 0 Å². The van der Waals surface area contributed by atoms with E-state index in [-0.39, 0.29) is 23.6 Å². The smallest absolute Gasteiger partial charge is 0.288 e. The molecule has 0 spiro atoms. The molecular weight excluding hydrogens is 342 g/mol. The van der Waals surface area contributed by atoms with E-state index in [4.69, 9.17) is 0 Å². The highest BCUT2D eigenvalue weighted by atomic mass is 16.3. The van der Waals surface area contributed by atoms with Gasteiger partial charge in [-0.1, -0.05) is 30.3 Å². The van der Waals surface area contributed by atoms with Crippen LogP contribution in [-0.4, -0.2) is 54.0 Å². The standard InChI is InChI=1S/C21H23N3O3/c25-18-8-6-17(7-9-18)22-10-12-23(13-11-22)19-14-20(26)24(21(19)27)15-16-4-2-1-3-5-16/h1-9,19,25H,10-15H2/p+1/t19-/m0/s1. The predicted octanol–water partition coefficient (Wildman–Crippen LogP) is 0.425. The van der Waals surface area contributed by atoms with Gasteiger partial charge in [0.25, 0.3) is 5.91 Å². The van der Waals surface area contributed by atoms with Gasteiger partial charge in [0.1, 0.15) is 5.75 Å². The summed E-state index contributed by atoms with van der Waals surface area (Å²) in [4.78, 5) is 30.1. The van der Waals surface area contributed by atoms with Crippen LogP contribution in [0.2, 0.25) is 0 Å². The third kappa shape index (κ3) is 3.66. The summed E-state index contributed by atoms with van der Waals surface area (Å²) in [7, 11) is 0. The minimum atomic E-state index is -0.261. The van der Waals surface area contributed by atoms with Gasteiger partial charge in [-0.3, -0.25) is 14.5 Å². The second-order valence-corrected chi connectivity index (χ2v) is 7.22. The maximum absolute atomic E-state index is 12.9. The van der Waals surface area contributed by atoms with Crippen molar-refractivity contribution in [3.05, 3.63) is 60.2 Å². The SMILES string of the molecule is O=C1C[C@H]([NH+]2CCN(c3ccc(O)cc3)CC2)C(=O)N1Cc1ccccc1. The number of anilines is 1. The van der Waals surface area contributed by atoms with Gasteiger partial charge in [0, 0.05) is 5.69 Å². The van der Waals surface area contributed by atoms with Crippen molar-refractivity contribution in [2.75, 3.05) is 31.1 Å². The zero-order chi connectivity index (χ0) is 18.8. The zero-order valence-electron chi connectivity index (χ0n) is 15.2. The molecule has 2 aliphatic rings. The molecule has 2 amide bonds. The number of carbonyl (C=O) groups is 2. The van der Waals surface area contributed by atoms with Crippen LogP contribution in [0.3, 0.4) is 0 Å². The Balaban J connectivity index is 1.38. The molecule has 27 heavy (non-hydrogen) atoms. The first-order valence-electron chi connectivity index (χ1n) is 9.38. The number of benzene rings is 2. The Labute approximate surface area is 158 Å². The Morgan fingerprint density at radius 3 is 2.30 bits per heavy atom. The first-order valence-corrected chi connectivity index (χ1v) is 9.38. The molecule has 0 unspecified atom stereocenters. The van der Waals surface area contributed by atoms with Crippen molar-refractivity contribution in [1.82, 2.24) is 4.90 Å². The van der Waals surface area contributed by atoms with Crippen molar-refractivity contribution in [2.45, 2.75) is 19.0 Å². The normalized spacial score (nSPS) is 21.1. The molecule has 0 radical (unpaired) electrons. The van der Waals surface area contributed by atoms with Gasteiger partial charge in [0.15, 0.2) is 6.04 Å². The number of nitrogens with zero attached hydrogens (tertiary/aromatic N) is 2. The van der Waals surface area contributed by atoms with Crippen molar-refractivity contribution in [3.8, 4) is 5.75 Å². The van der Waals surface area contributed by atoms with Gasteiger partial charge in [-0.15, -0.1) is 0 Å². The number of piperazine rings is 1. The van der Waals surface area contributed by atoms with Crippen LogP contribution in [0.4, 0.5) is 5.69 Å². The molecule has 4 rings (SSSR count). The van der Waals surface area contributed by atoms with E-state index in [2.05, 4.69) is 4.90 Å². The van der Waals surface area contributed by atoms with Crippen LogP contribution in [-0.2, 0) is 16.1 Å². The number of nitrogens with one attached hydrogen (secondary N) is 1. The summed E-state index contributed by atoms with van der Waals surface area (Å²) in [6.45, 7) is 3.67. The number of rotatable bonds is 4. The summed E-state index contributed by atoms with van der Waals surface area (Å²) in [6, 6.07) is 16.6. The molecule has 2 heterocycles. The van der Waals surface area contributed by atoms with E-state index in [0.29, 0.717) is 13.0 Å². The first kappa shape index (κ1) is 17.5. The van der Waals surface area contributed by atoms with Crippen molar-refractivity contribution < 1.29 is 19.6 Å². The van der Waals surface area contributed by atoms with Crippen LogP contribution in [0.25, 0.3) is 0 Å². The molecule has 2 saturated heterocycles. The van der Waals surface area contributed by atoms with E-state index in [9.17, 15) is 14.7 Å². The van der Waals surface area contributed by atoms with Crippen LogP contribution < -0.4 is 9.80 Å². The van der Waals surface area contributed by atoms with Crippen molar-refractivity contribution >= 4 is 17.5 Å². The van der Waals surface area contributed by atoms with Crippen molar-refractivity contribution in [2.24, 2.45) is 0 Å². The largest absolute Gasteiger partial charge is 0.508 e. The average molecular weight is 366 g/mol. The number of likely N-dealkylation sites (tertiary alicyclic amines) is 1. The van der Waals surface area contributed by atoms with Gasteiger partial charge in [-0.2, -0.15) is 0 Å². The average Bonchev–Trinajstić information content (AvgIpc) is 2.98. The molecule has 0 bridgehead atoms. The molecule has 2 aromatic carbocycles. The van der Waals surface area contributed by atoms with E-state index in [1.807, 2.05) is 42.5 Å². The lowest BCUT2D eigenvalue weighted by Gasteiger charge is -2.35. The summed E-state index contributed by atoms with van der Waals surface area (Å²) < 4.78 is 0. The molecule has 2 aliphatic heterocycles. The molecule has 6 heteroatoms. The highest BCUT2D eigenvalue weighted by Gasteiger charge is 2.45. The molecule has 0 saturated carbocycles. The Morgan fingerprint density at radius 2 is 1.63 bits per heavy atom. The summed E-state index contributed by atoms with van der Waals surface area (Å²) in [5, 5.41) is 9.43. The number of imide groups is 1. The van der Waals surface area contributed by atoms with Gasteiger partial charge in [0.2, 0.25) is 5.91 Å². The molecule has 6 nitrogen and oxygen atoms in total. The Kier molecular flexibility index (Phi) is 4.81. The minimum absolute atomic E-state index is 0.0445. The zero-order valence-corrected chi connectivity index (χ0v) is 15.2. The lowest BCUT2D eigenvalue weighted by atomic mass is 10.1. The van der Waals surface area contributed by atoms with Crippen molar-refractivity contribution in [1.29, 1.82) is 0 Å². The number of carbonyl (C=O) groups excluding carboxylic acids is 2. The second kappa shape index (κ2) is 7.40. The third-order valence-electron chi connectivity index (χ3n) is 5.54. The molecule has 2 N–H and O–H groups in total. The molecule has 0 aliphatic carbocycles. The molecular formula is C21H24N3O3+. The van der Waals surface area contributed by atoms with E-state index in [1.54, 1.807) is 12.1 Å². The molecule has 1 atom stereocenters. The number of quaternary nitrogens is 1. The number of aromatic hydroxyl groups is 1. The Bertz CT molecular complexity index is 814. The van der Waals surface area contributed by atoms with Crippen LogP contribution in [0, 0.1) is 0 Å². The highest BCUT2D eigenvalue weighted by Crippen LogP contribution is 2.19. The Morgan fingerprint density at radius 1 is 0.963 bits per heavy atom. The van der Waals surface area contributed by atoms with Gasteiger partial charge in [-0.05, 0) is 29.8 Å². The van der Waals surface area contributed by atoms with Crippen molar-refractivity contribution in [3.63, 3.8) is 0 Å². The van der Waals surface area contributed by atoms with Crippen LogP contribution >= 0.6 is 0 Å². The Hall–Kier alpha value is -2.86. The van der Waals surface area contributed by atoms with E-state index < -0.39 is 0 Å². The quantitative estimate of drug-likeness (QED) is 0.770. The summed E-state index contributed by atoms with van der Waals surface area (Å²) in [6.07, 6.45) is 0.306. The van der Waals surface area contributed by atoms with Gasteiger partial charge >= 0.3 is 0 Å². The lowest BCUT2D eigenvalue weighted by molar-refractivity contribution is -0.915. The maximum atomic E-state index is 12.9. The fourth-order valence-corrected chi connectivity index (χ4v) is 4.00. The van der Waals surface area contributed by atoms with Gasteiger partial charge in [0.05, 0.1) is 39.1 Å². The summed E-state index contributed by atoms with van der Waals surface area (Å²) in [5.74, 6) is 0.149.